The lowest BCUT2D eigenvalue weighted by Gasteiger charge is -2.09. The number of aliphatic hydroxyl groups is 4. The zero-order valence-electron chi connectivity index (χ0n) is 9.17. The van der Waals surface area contributed by atoms with E-state index < -0.39 is 37.1 Å². The zero-order chi connectivity index (χ0) is 13.7. The van der Waals surface area contributed by atoms with Gasteiger partial charge in [-0.05, 0) is 0 Å². The number of ether oxygens (including phenoxy) is 1. The number of H-pyrrole nitrogens is 1. The van der Waals surface area contributed by atoms with Crippen LogP contribution in [-0.2, 0) is 4.74 Å². The smallest absolute Gasteiger partial charge is 0.270 e. The van der Waals surface area contributed by atoms with Gasteiger partial charge in [-0.1, -0.05) is 0 Å². The van der Waals surface area contributed by atoms with Gasteiger partial charge in [0.15, 0.2) is 12.0 Å². The van der Waals surface area contributed by atoms with Crippen LogP contribution < -0.4 is 5.73 Å². The molecule has 7 N–H and O–H groups in total. The fourth-order valence-electron chi connectivity index (χ4n) is 1.20. The quantitative estimate of drug-likeness (QED) is 0.316. The summed E-state index contributed by atoms with van der Waals surface area (Å²) in [6.45, 7) is -0.407. The third-order valence-corrected chi connectivity index (χ3v) is 2.18. The lowest BCUT2D eigenvalue weighted by Crippen LogP contribution is -2.33. The lowest BCUT2D eigenvalue weighted by atomic mass is 10.1. The number of aromatic nitrogens is 3. The average molecular weight is 262 g/mol. The van der Waals surface area contributed by atoms with Crippen LogP contribution in [0, 0.1) is 0 Å². The van der Waals surface area contributed by atoms with Crippen LogP contribution >= 0.6 is 0 Å². The van der Waals surface area contributed by atoms with Crippen LogP contribution in [0.15, 0.2) is 6.20 Å². The molecule has 0 bridgehead atoms. The van der Waals surface area contributed by atoms with Gasteiger partial charge < -0.3 is 30.9 Å². The molecule has 1 fully saturated rings. The minimum atomic E-state index is -1.38. The van der Waals surface area contributed by atoms with Crippen molar-refractivity contribution in [3.05, 3.63) is 11.9 Å². The maximum atomic E-state index is 10.2. The van der Waals surface area contributed by atoms with Gasteiger partial charge in [0.1, 0.15) is 18.3 Å². The van der Waals surface area contributed by atoms with E-state index in [0.717, 1.165) is 0 Å². The molecule has 2 rings (SSSR count). The molecule has 0 saturated carbocycles. The number of nitrogens with two attached hydrogens (primary N) is 1. The molecule has 18 heavy (non-hydrogen) atoms. The van der Waals surface area contributed by atoms with Gasteiger partial charge >= 0.3 is 0 Å². The number of amides is 1. The van der Waals surface area contributed by atoms with Crippen molar-refractivity contribution in [2.45, 2.75) is 24.6 Å². The van der Waals surface area contributed by atoms with E-state index in [0.29, 0.717) is 0 Å². The Morgan fingerprint density at radius 3 is 2.33 bits per heavy atom. The summed E-state index contributed by atoms with van der Waals surface area (Å²) in [6.07, 6.45) is -3.49. The summed E-state index contributed by atoms with van der Waals surface area (Å²) in [6, 6.07) is 0. The third-order valence-electron chi connectivity index (χ3n) is 2.18. The fraction of sp³-hybridized carbons (Fsp3) is 0.625. The molecule has 1 aliphatic heterocycles. The molecule has 102 valence electrons. The predicted octanol–water partition coefficient (Wildman–Crippen LogP) is -3.68. The van der Waals surface area contributed by atoms with Crippen molar-refractivity contribution in [1.82, 2.24) is 15.4 Å². The van der Waals surface area contributed by atoms with Crippen LogP contribution in [0.4, 0.5) is 0 Å². The van der Waals surface area contributed by atoms with Gasteiger partial charge in [0, 0.05) is 0 Å². The molecule has 1 unspecified atom stereocenters. The van der Waals surface area contributed by atoms with Gasteiger partial charge in [-0.25, -0.2) is 0 Å². The number of nitrogens with zero attached hydrogens (tertiary/aromatic N) is 2. The van der Waals surface area contributed by atoms with Crippen molar-refractivity contribution in [2.75, 3.05) is 6.61 Å². The van der Waals surface area contributed by atoms with Gasteiger partial charge in [0.25, 0.3) is 5.91 Å². The Balaban J connectivity index is 0.000000184. The minimum Gasteiger partial charge on any atom is -0.394 e. The van der Waals surface area contributed by atoms with Crippen molar-refractivity contribution < 1.29 is 30.0 Å². The van der Waals surface area contributed by atoms with Gasteiger partial charge in [0.2, 0.25) is 0 Å². The van der Waals surface area contributed by atoms with E-state index in [9.17, 15) is 4.79 Å². The Labute approximate surface area is 101 Å². The highest BCUT2D eigenvalue weighted by Gasteiger charge is 2.41. The maximum Gasteiger partial charge on any atom is 0.270 e. The van der Waals surface area contributed by atoms with Crippen LogP contribution in [-0.4, -0.2) is 73.0 Å². The molecule has 0 spiro atoms. The highest BCUT2D eigenvalue weighted by atomic mass is 16.6. The van der Waals surface area contributed by atoms with Crippen LogP contribution in [0.1, 0.15) is 10.5 Å². The second-order valence-corrected chi connectivity index (χ2v) is 3.45. The number of primary amides is 1. The van der Waals surface area contributed by atoms with Crippen molar-refractivity contribution >= 4 is 5.91 Å². The molecule has 0 aliphatic carbocycles. The van der Waals surface area contributed by atoms with Crippen LogP contribution in [0.2, 0.25) is 0 Å². The molecule has 1 aliphatic rings. The first-order valence-electron chi connectivity index (χ1n) is 4.93. The fourth-order valence-corrected chi connectivity index (χ4v) is 1.20. The van der Waals surface area contributed by atoms with Gasteiger partial charge in [-0.2, -0.15) is 15.4 Å². The first-order valence-corrected chi connectivity index (χ1v) is 4.93. The molecule has 0 radical (unpaired) electrons. The summed E-state index contributed by atoms with van der Waals surface area (Å²) in [7, 11) is 0. The van der Waals surface area contributed by atoms with Crippen molar-refractivity contribution in [2.24, 2.45) is 5.73 Å². The Hall–Kier alpha value is -1.59. The summed E-state index contributed by atoms with van der Waals surface area (Å²) < 4.78 is 4.54. The Morgan fingerprint density at radius 2 is 2.11 bits per heavy atom. The SMILES string of the molecule is NC(=O)c1cn[nH]n1.OC[C@H]1OC(O)[C@H](O)[C@@H]1O. The van der Waals surface area contributed by atoms with Crippen molar-refractivity contribution in [3.63, 3.8) is 0 Å². The Bertz CT molecular complexity index is 372. The van der Waals surface area contributed by atoms with E-state index in [1.165, 1.54) is 6.20 Å². The summed E-state index contributed by atoms with van der Waals surface area (Å²) in [4.78, 5) is 10.2. The Kier molecular flexibility index (Phi) is 5.12. The number of nitrogens with one attached hydrogen (secondary N) is 1. The highest BCUT2D eigenvalue weighted by Crippen LogP contribution is 2.18. The topological polar surface area (TPSA) is 175 Å². The van der Waals surface area contributed by atoms with E-state index in [2.05, 4.69) is 20.1 Å². The molecule has 1 amide bonds. The van der Waals surface area contributed by atoms with Crippen LogP contribution in [0.5, 0.6) is 0 Å². The highest BCUT2D eigenvalue weighted by molar-refractivity contribution is 5.90. The number of aliphatic hydroxyl groups excluding tert-OH is 4. The Morgan fingerprint density at radius 1 is 1.44 bits per heavy atom. The minimum absolute atomic E-state index is 0.157. The van der Waals surface area contributed by atoms with Crippen molar-refractivity contribution in [1.29, 1.82) is 0 Å². The standard InChI is InChI=1S/C5H10O5.C3H4N4O/c6-1-2-3(7)4(8)5(9)10-2;4-3(8)2-1-5-7-6-2/h2-9H,1H2;1H,(H2,4,8)(H,5,6,7)/t2-,3-,4-,5?;/m1./s1. The summed E-state index contributed by atoms with van der Waals surface area (Å²) in [5, 5.41) is 44.0. The third kappa shape index (κ3) is 3.45. The van der Waals surface area contributed by atoms with E-state index in [1.54, 1.807) is 0 Å². The predicted molar refractivity (Wildman–Crippen MR) is 54.9 cm³/mol. The molecule has 1 aromatic heterocycles. The largest absolute Gasteiger partial charge is 0.394 e. The molecular weight excluding hydrogens is 248 g/mol. The number of aromatic amines is 1. The van der Waals surface area contributed by atoms with Gasteiger partial charge in [-0.3, -0.25) is 4.79 Å². The molecule has 10 heteroatoms. The van der Waals surface area contributed by atoms with Crippen molar-refractivity contribution in [3.8, 4) is 0 Å². The molecule has 2 heterocycles. The van der Waals surface area contributed by atoms with Crippen LogP contribution in [0.25, 0.3) is 0 Å². The van der Waals surface area contributed by atoms with E-state index in [4.69, 9.17) is 26.2 Å². The first-order chi connectivity index (χ1) is 8.47. The number of rotatable bonds is 2. The number of hydrogen-bond acceptors (Lipinski definition) is 8. The lowest BCUT2D eigenvalue weighted by molar-refractivity contribution is -0.132. The summed E-state index contributed by atoms with van der Waals surface area (Å²) in [5.74, 6) is -0.571. The van der Waals surface area contributed by atoms with Gasteiger partial charge in [-0.15, -0.1) is 0 Å². The maximum absolute atomic E-state index is 10.2. The summed E-state index contributed by atoms with van der Waals surface area (Å²) in [5.41, 5.74) is 4.95. The molecule has 1 saturated heterocycles. The molecule has 4 atom stereocenters. The van der Waals surface area contributed by atoms with Gasteiger partial charge in [0.05, 0.1) is 12.8 Å². The number of carbonyl (C=O) groups excluding carboxylic acids is 1. The zero-order valence-corrected chi connectivity index (χ0v) is 9.17. The van der Waals surface area contributed by atoms with E-state index in [1.807, 2.05) is 0 Å². The molecule has 0 aromatic carbocycles. The molecule has 1 aromatic rings. The monoisotopic (exact) mass is 262 g/mol. The molecular formula is C8H14N4O6. The number of carbonyl (C=O) groups is 1. The second kappa shape index (κ2) is 6.37. The first kappa shape index (κ1) is 14.5. The van der Waals surface area contributed by atoms with E-state index in [-0.39, 0.29) is 5.69 Å². The van der Waals surface area contributed by atoms with E-state index >= 15 is 0 Å². The normalized spacial score (nSPS) is 30.7. The number of hydrogen-bond donors (Lipinski definition) is 6. The molecule has 10 nitrogen and oxygen atoms in total. The second-order valence-electron chi connectivity index (χ2n) is 3.45. The average Bonchev–Trinajstić information content (AvgIpc) is 2.95. The van der Waals surface area contributed by atoms with Crippen LogP contribution in [0.3, 0.4) is 0 Å². The summed E-state index contributed by atoms with van der Waals surface area (Å²) >= 11 is 0.